The summed E-state index contributed by atoms with van der Waals surface area (Å²) in [5.74, 6) is 2.89. The number of fused-ring (bicyclic) bond motifs is 7. The van der Waals surface area contributed by atoms with Crippen LogP contribution in [0.2, 0.25) is 0 Å². The predicted octanol–water partition coefficient (Wildman–Crippen LogP) is 7.84. The second-order valence-electron chi connectivity index (χ2n) is 17.5. The molecular formula is C39H57N5O3. The van der Waals surface area contributed by atoms with Crippen LogP contribution in [0.25, 0.3) is 11.4 Å². The summed E-state index contributed by atoms with van der Waals surface area (Å²) >= 11 is 0. The number of allylic oxidation sites excluding steroid dienone is 2. The molecule has 10 atom stereocenters. The molecule has 0 spiro atoms. The number of ether oxygens (including phenoxy) is 1. The summed E-state index contributed by atoms with van der Waals surface area (Å²) in [7, 11) is 0. The minimum absolute atomic E-state index is 0.00316. The number of aliphatic hydroxyl groups is 1. The Morgan fingerprint density at radius 2 is 1.79 bits per heavy atom. The Labute approximate surface area is 281 Å². The predicted molar refractivity (Wildman–Crippen MR) is 184 cm³/mol. The van der Waals surface area contributed by atoms with Crippen LogP contribution in [-0.2, 0) is 9.53 Å². The molecule has 5 aliphatic rings. The number of benzene rings is 1. The Balaban J connectivity index is 1.14. The highest BCUT2D eigenvalue weighted by Gasteiger charge is 2.69. The van der Waals surface area contributed by atoms with Gasteiger partial charge in [-0.15, -0.1) is 10.2 Å². The van der Waals surface area contributed by atoms with Crippen molar-refractivity contribution in [1.29, 1.82) is 0 Å². The monoisotopic (exact) mass is 643 g/mol. The molecule has 7 rings (SSSR count). The van der Waals surface area contributed by atoms with Gasteiger partial charge < -0.3 is 15.2 Å². The number of para-hydroxylation sites is 1. The molecule has 1 aromatic carbocycles. The maximum atomic E-state index is 14.4. The molecule has 8 nitrogen and oxygen atoms in total. The van der Waals surface area contributed by atoms with Crippen molar-refractivity contribution in [2.24, 2.45) is 56.7 Å². The van der Waals surface area contributed by atoms with Crippen LogP contribution >= 0.6 is 0 Å². The third kappa shape index (κ3) is 4.69. The first-order valence-electron chi connectivity index (χ1n) is 18.4. The summed E-state index contributed by atoms with van der Waals surface area (Å²) in [6.07, 6.45) is 11.9. The van der Waals surface area contributed by atoms with Crippen LogP contribution < -0.4 is 5.32 Å². The molecule has 256 valence electrons. The summed E-state index contributed by atoms with van der Waals surface area (Å²) in [4.78, 5) is 14.4. The van der Waals surface area contributed by atoms with Crippen molar-refractivity contribution in [3.8, 4) is 11.4 Å². The fourth-order valence-corrected chi connectivity index (χ4v) is 12.4. The lowest BCUT2D eigenvalue weighted by atomic mass is 9.33. The Bertz CT molecular complexity index is 1520. The third-order valence-electron chi connectivity index (χ3n) is 15.5. The smallest absolute Gasteiger partial charge is 0.312 e. The molecule has 0 bridgehead atoms. The fourth-order valence-electron chi connectivity index (χ4n) is 12.4. The van der Waals surface area contributed by atoms with Gasteiger partial charge in [0.1, 0.15) is 6.61 Å². The molecule has 0 saturated heterocycles. The van der Waals surface area contributed by atoms with Gasteiger partial charge in [0.25, 0.3) is 0 Å². The van der Waals surface area contributed by atoms with Gasteiger partial charge in [-0.3, -0.25) is 4.79 Å². The van der Waals surface area contributed by atoms with Crippen molar-refractivity contribution < 1.29 is 14.6 Å². The Hall–Kier alpha value is -2.74. The molecule has 2 aromatic rings. The molecule has 4 fully saturated rings. The van der Waals surface area contributed by atoms with E-state index >= 15 is 0 Å². The number of carbonyl (C=O) groups excluding carboxylic acids is 1. The van der Waals surface area contributed by atoms with Gasteiger partial charge in [-0.05, 0) is 126 Å². The number of aromatic amines is 1. The second kappa shape index (κ2) is 11.4. The molecule has 8 heteroatoms. The molecule has 1 heterocycles. The summed E-state index contributed by atoms with van der Waals surface area (Å²) in [6, 6.07) is 7.87. The molecule has 0 amide bonds. The molecule has 0 aliphatic heterocycles. The van der Waals surface area contributed by atoms with E-state index in [0.29, 0.717) is 42.6 Å². The van der Waals surface area contributed by atoms with Crippen molar-refractivity contribution in [1.82, 2.24) is 20.6 Å². The van der Waals surface area contributed by atoms with Crippen molar-refractivity contribution in [2.45, 2.75) is 112 Å². The van der Waals surface area contributed by atoms with E-state index in [-0.39, 0.29) is 39.7 Å². The number of nitrogens with one attached hydrogen (secondary N) is 2. The Morgan fingerprint density at radius 3 is 2.55 bits per heavy atom. The van der Waals surface area contributed by atoms with Crippen LogP contribution in [0.5, 0.6) is 0 Å². The summed E-state index contributed by atoms with van der Waals surface area (Å²) in [6.45, 7) is 18.0. The van der Waals surface area contributed by atoms with Gasteiger partial charge >= 0.3 is 5.97 Å². The van der Waals surface area contributed by atoms with E-state index in [1.165, 1.54) is 12.8 Å². The highest BCUT2D eigenvalue weighted by atomic mass is 16.5. The lowest BCUT2D eigenvalue weighted by Crippen LogP contribution is -2.65. The topological polar surface area (TPSA) is 113 Å². The van der Waals surface area contributed by atoms with Gasteiger partial charge in [-0.2, -0.15) is 5.21 Å². The molecule has 0 unspecified atom stereocenters. The van der Waals surface area contributed by atoms with Gasteiger partial charge in [-0.25, -0.2) is 0 Å². The van der Waals surface area contributed by atoms with Gasteiger partial charge in [0.05, 0.1) is 11.5 Å². The normalized spacial score (nSPS) is 42.2. The first-order valence-corrected chi connectivity index (χ1v) is 18.4. The number of hydrogen-bond donors (Lipinski definition) is 3. The molecule has 5 aliphatic carbocycles. The Kier molecular flexibility index (Phi) is 7.97. The summed E-state index contributed by atoms with van der Waals surface area (Å²) in [5.41, 5.74) is 3.27. The number of tetrazole rings is 1. The highest BCUT2D eigenvalue weighted by Crippen LogP contribution is 2.75. The molecule has 47 heavy (non-hydrogen) atoms. The molecule has 4 saturated carbocycles. The zero-order valence-electron chi connectivity index (χ0n) is 29.7. The Morgan fingerprint density at radius 1 is 1.00 bits per heavy atom. The standard InChI is InChI=1S/C39H57N5O3/c1-24-14-19-39(34(46)47-23-22-40-28-11-9-8-10-26(28)33-41-43-44-42-33)21-20-37(6)27(32(39)25(24)2)12-13-30-36(5)17-16-31(45)35(3,4)29(36)15-18-38(30,37)7/h8-12,24-25,29-32,40,45H,13-23H2,1-7H3,(H,41,42,43,44)/t24-,25+,29+,30-,31+,32+,36+,37-,38-,39+/m1/s1. The van der Waals surface area contributed by atoms with Crippen LogP contribution in [0, 0.1) is 56.7 Å². The number of hydrogen-bond acceptors (Lipinski definition) is 7. The van der Waals surface area contributed by atoms with E-state index in [1.54, 1.807) is 5.57 Å². The lowest BCUT2D eigenvalue weighted by molar-refractivity contribution is -0.207. The zero-order valence-corrected chi connectivity index (χ0v) is 29.7. The number of aliphatic hydroxyl groups excluding tert-OH is 1. The number of esters is 1. The van der Waals surface area contributed by atoms with Crippen LogP contribution in [0.4, 0.5) is 5.69 Å². The maximum absolute atomic E-state index is 14.4. The molecular weight excluding hydrogens is 586 g/mol. The van der Waals surface area contributed by atoms with Crippen LogP contribution in [0.1, 0.15) is 106 Å². The molecule has 0 radical (unpaired) electrons. The van der Waals surface area contributed by atoms with Crippen LogP contribution in [-0.4, -0.2) is 51.0 Å². The van der Waals surface area contributed by atoms with Crippen molar-refractivity contribution >= 4 is 11.7 Å². The van der Waals surface area contributed by atoms with Crippen LogP contribution in [0.3, 0.4) is 0 Å². The van der Waals surface area contributed by atoms with E-state index in [1.807, 2.05) is 24.3 Å². The quantitative estimate of drug-likeness (QED) is 0.167. The number of carbonyl (C=O) groups is 1. The lowest BCUT2D eigenvalue weighted by Gasteiger charge is -2.71. The number of anilines is 1. The van der Waals surface area contributed by atoms with E-state index in [0.717, 1.165) is 56.2 Å². The number of nitrogens with zero attached hydrogens (tertiary/aromatic N) is 3. The first kappa shape index (κ1) is 32.8. The second-order valence-corrected chi connectivity index (χ2v) is 17.5. The van der Waals surface area contributed by atoms with Crippen molar-refractivity contribution in [2.75, 3.05) is 18.5 Å². The number of aromatic nitrogens is 4. The van der Waals surface area contributed by atoms with E-state index < -0.39 is 5.41 Å². The fraction of sp³-hybridized carbons (Fsp3) is 0.744. The first-order chi connectivity index (χ1) is 22.3. The van der Waals surface area contributed by atoms with Gasteiger partial charge in [0, 0.05) is 17.8 Å². The largest absolute Gasteiger partial charge is 0.463 e. The highest BCUT2D eigenvalue weighted by molar-refractivity contribution is 5.79. The SMILES string of the molecule is C[C@H]1[C@H](C)CC[C@]2(C(=O)OCCNc3ccccc3-c3nn[nH]n3)CC[C@]3(C)C(=CC[C@@H]4[C@@]5(C)CC[C@H](O)C(C)(C)[C@@H]5CC[C@]43C)[C@H]12. The molecule has 3 N–H and O–H groups in total. The minimum atomic E-state index is -0.457. The van der Waals surface area contributed by atoms with Crippen molar-refractivity contribution in [3.63, 3.8) is 0 Å². The van der Waals surface area contributed by atoms with Crippen LogP contribution in [0.15, 0.2) is 35.9 Å². The summed E-state index contributed by atoms with van der Waals surface area (Å²) in [5, 5.41) is 29.0. The zero-order chi connectivity index (χ0) is 33.4. The van der Waals surface area contributed by atoms with E-state index in [2.05, 4.69) is 80.5 Å². The molecule has 1 aromatic heterocycles. The minimum Gasteiger partial charge on any atom is -0.463 e. The van der Waals surface area contributed by atoms with E-state index in [9.17, 15) is 9.90 Å². The number of rotatable bonds is 6. The summed E-state index contributed by atoms with van der Waals surface area (Å²) < 4.78 is 6.24. The number of H-pyrrole nitrogens is 1. The third-order valence-corrected chi connectivity index (χ3v) is 15.5. The van der Waals surface area contributed by atoms with Gasteiger partial charge in [0.2, 0.25) is 5.82 Å². The maximum Gasteiger partial charge on any atom is 0.312 e. The van der Waals surface area contributed by atoms with Gasteiger partial charge in [-0.1, -0.05) is 72.2 Å². The van der Waals surface area contributed by atoms with Gasteiger partial charge in [0.15, 0.2) is 0 Å². The average Bonchev–Trinajstić information content (AvgIpc) is 3.58. The van der Waals surface area contributed by atoms with E-state index in [4.69, 9.17) is 4.74 Å². The van der Waals surface area contributed by atoms with Crippen molar-refractivity contribution in [3.05, 3.63) is 35.9 Å². The average molecular weight is 644 g/mol.